The average molecular weight is 536 g/mol. The highest BCUT2D eigenvalue weighted by molar-refractivity contribution is 5.84. The lowest BCUT2D eigenvalue weighted by Gasteiger charge is -2.21. The molecule has 2 aliphatic carbocycles. The molecule has 0 atom stereocenters. The maximum absolute atomic E-state index is 14.2. The number of methoxy groups -OCH3 is 1. The molecule has 0 amide bonds. The average Bonchev–Trinajstić information content (AvgIpc) is 3.72. The Hall–Kier alpha value is -4.67. The normalized spacial score (nSPS) is 14.1. The number of alkyl halides is 3. The number of nitrogens with zero attached hydrogens (tertiary/aromatic N) is 4. The SMILES string of the molecule is COc1ncccc1Nc1cc2nc3cc(F)ccc3n(-c3ccc(OC(F)(F)F)cc3)c-2c/c1=N\C1CC1. The molecule has 0 radical (unpaired) electrons. The molecule has 0 unspecified atom stereocenters. The first kappa shape index (κ1) is 24.7. The van der Waals surface area contributed by atoms with Crippen molar-refractivity contribution < 1.29 is 27.0 Å². The molecule has 1 N–H and O–H groups in total. The van der Waals surface area contributed by atoms with Crippen LogP contribution in [0, 0.1) is 5.82 Å². The summed E-state index contributed by atoms with van der Waals surface area (Å²) in [6.45, 7) is 0. The third-order valence-corrected chi connectivity index (χ3v) is 6.18. The Bertz CT molecular complexity index is 1710. The molecular weight excluding hydrogens is 514 g/mol. The summed E-state index contributed by atoms with van der Waals surface area (Å²) in [4.78, 5) is 13.8. The summed E-state index contributed by atoms with van der Waals surface area (Å²) < 4.78 is 63.6. The van der Waals surface area contributed by atoms with Crippen LogP contribution in [0.25, 0.3) is 28.1 Å². The van der Waals surface area contributed by atoms with Crippen LogP contribution < -0.4 is 20.1 Å². The van der Waals surface area contributed by atoms with Gasteiger partial charge < -0.3 is 19.4 Å². The van der Waals surface area contributed by atoms with Gasteiger partial charge in [0.1, 0.15) is 17.3 Å². The summed E-state index contributed by atoms with van der Waals surface area (Å²) in [6, 6.07) is 17.2. The maximum Gasteiger partial charge on any atom is 0.573 e. The van der Waals surface area contributed by atoms with Crippen LogP contribution >= 0.6 is 0 Å². The predicted molar refractivity (Wildman–Crippen MR) is 137 cm³/mol. The van der Waals surface area contributed by atoms with Crippen LogP contribution in [0.5, 0.6) is 11.6 Å². The van der Waals surface area contributed by atoms with E-state index in [9.17, 15) is 17.6 Å². The molecule has 2 aromatic carbocycles. The number of hydrogen-bond acceptors (Lipinski definition) is 6. The number of pyridine rings is 1. The van der Waals surface area contributed by atoms with E-state index in [1.165, 1.54) is 43.5 Å². The zero-order valence-corrected chi connectivity index (χ0v) is 20.5. The summed E-state index contributed by atoms with van der Waals surface area (Å²) in [6.07, 6.45) is -1.23. The fourth-order valence-electron chi connectivity index (χ4n) is 4.35. The van der Waals surface area contributed by atoms with E-state index in [0.29, 0.717) is 50.7 Å². The highest BCUT2D eigenvalue weighted by Gasteiger charge is 2.31. The van der Waals surface area contributed by atoms with Crippen LogP contribution in [0.1, 0.15) is 12.8 Å². The van der Waals surface area contributed by atoms with Crippen molar-refractivity contribution in [3.8, 4) is 28.7 Å². The first-order chi connectivity index (χ1) is 18.8. The van der Waals surface area contributed by atoms with Crippen LogP contribution in [-0.4, -0.2) is 34.0 Å². The van der Waals surface area contributed by atoms with Gasteiger partial charge in [0, 0.05) is 18.0 Å². The number of nitrogens with one attached hydrogen (secondary N) is 1. The molecular formula is C28H21F4N5O2. The number of rotatable bonds is 6. The quantitative estimate of drug-likeness (QED) is 0.202. The molecule has 0 spiro atoms. The highest BCUT2D eigenvalue weighted by Crippen LogP contribution is 2.33. The largest absolute Gasteiger partial charge is 0.573 e. The van der Waals surface area contributed by atoms with Gasteiger partial charge in [0.25, 0.3) is 0 Å². The van der Waals surface area contributed by atoms with Gasteiger partial charge in [-0.15, -0.1) is 13.2 Å². The van der Waals surface area contributed by atoms with E-state index >= 15 is 0 Å². The predicted octanol–water partition coefficient (Wildman–Crippen LogP) is 6.38. The molecule has 1 aliphatic heterocycles. The molecule has 198 valence electrons. The molecule has 1 saturated carbocycles. The molecule has 1 aromatic heterocycles. The smallest absolute Gasteiger partial charge is 0.480 e. The number of fused-ring (bicyclic) bond motifs is 2. The van der Waals surface area contributed by atoms with Crippen LogP contribution in [0.15, 0.2) is 77.9 Å². The Balaban J connectivity index is 1.57. The van der Waals surface area contributed by atoms with Crippen molar-refractivity contribution >= 4 is 22.4 Å². The standard InChI is InChI=1S/C28H21F4N5O2/c1-38-27-20(3-2-12-33-27)35-21-14-24-26(15-22(21)34-17-5-6-17)37(25-11-4-16(29)13-23(25)36-24)18-7-9-19(10-8-18)39-28(30,31)32/h2-4,7-15,17,35H,5-6H2,1H3/b34-22+. The Morgan fingerprint density at radius 1 is 1.00 bits per heavy atom. The molecule has 11 heteroatoms. The number of ether oxygens (including phenoxy) is 2. The van der Waals surface area contributed by atoms with Gasteiger partial charge >= 0.3 is 6.36 Å². The molecule has 0 saturated heterocycles. The Morgan fingerprint density at radius 3 is 2.51 bits per heavy atom. The van der Waals surface area contributed by atoms with Crippen molar-refractivity contribution in [2.75, 3.05) is 12.4 Å². The first-order valence-corrected chi connectivity index (χ1v) is 12.1. The summed E-state index contributed by atoms with van der Waals surface area (Å²) in [5.74, 6) is -0.407. The molecule has 3 aliphatic rings. The van der Waals surface area contributed by atoms with E-state index in [0.717, 1.165) is 12.8 Å². The minimum Gasteiger partial charge on any atom is -0.480 e. The lowest BCUT2D eigenvalue weighted by atomic mass is 10.1. The molecule has 0 bridgehead atoms. The maximum atomic E-state index is 14.2. The van der Waals surface area contributed by atoms with Crippen molar-refractivity contribution in [1.82, 2.24) is 14.5 Å². The van der Waals surface area contributed by atoms with E-state index in [1.54, 1.807) is 18.3 Å². The van der Waals surface area contributed by atoms with Gasteiger partial charge in [-0.1, -0.05) is 0 Å². The van der Waals surface area contributed by atoms with Crippen molar-refractivity contribution in [2.24, 2.45) is 4.99 Å². The number of hydrogen-bond donors (Lipinski definition) is 1. The zero-order chi connectivity index (χ0) is 27.1. The highest BCUT2D eigenvalue weighted by atomic mass is 19.4. The Kier molecular flexibility index (Phi) is 6.05. The van der Waals surface area contributed by atoms with Gasteiger partial charge in [-0.2, -0.15) is 0 Å². The van der Waals surface area contributed by atoms with E-state index in [4.69, 9.17) is 14.7 Å². The van der Waals surface area contributed by atoms with Crippen LogP contribution in [0.4, 0.5) is 28.9 Å². The fourth-order valence-corrected chi connectivity index (χ4v) is 4.35. The van der Waals surface area contributed by atoms with Gasteiger partial charge in [-0.25, -0.2) is 14.4 Å². The lowest BCUT2D eigenvalue weighted by molar-refractivity contribution is -0.274. The zero-order valence-electron chi connectivity index (χ0n) is 20.5. The molecule has 2 heterocycles. The number of benzene rings is 3. The van der Waals surface area contributed by atoms with Crippen LogP contribution in [0.3, 0.4) is 0 Å². The number of anilines is 2. The molecule has 1 fully saturated rings. The van der Waals surface area contributed by atoms with E-state index in [-0.39, 0.29) is 11.8 Å². The number of aromatic nitrogens is 3. The summed E-state index contributed by atoms with van der Waals surface area (Å²) in [7, 11) is 1.53. The van der Waals surface area contributed by atoms with E-state index in [1.807, 2.05) is 22.8 Å². The topological polar surface area (TPSA) is 73.6 Å². The minimum atomic E-state index is -4.80. The van der Waals surface area contributed by atoms with Gasteiger partial charge in [0.2, 0.25) is 5.88 Å². The lowest BCUT2D eigenvalue weighted by Crippen LogP contribution is -2.17. The molecule has 39 heavy (non-hydrogen) atoms. The van der Waals surface area contributed by atoms with E-state index < -0.39 is 12.2 Å². The first-order valence-electron chi connectivity index (χ1n) is 12.1. The molecule has 6 rings (SSSR count). The second-order valence-electron chi connectivity index (χ2n) is 9.03. The Labute approximate surface area is 219 Å². The van der Waals surface area contributed by atoms with Crippen molar-refractivity contribution in [2.45, 2.75) is 25.2 Å². The van der Waals surface area contributed by atoms with Crippen molar-refractivity contribution in [3.63, 3.8) is 0 Å². The van der Waals surface area contributed by atoms with E-state index in [2.05, 4.69) is 15.0 Å². The van der Waals surface area contributed by atoms with Gasteiger partial charge in [-0.3, -0.25) is 4.99 Å². The summed E-state index contributed by atoms with van der Waals surface area (Å²) >= 11 is 0. The molecule has 7 nitrogen and oxygen atoms in total. The third kappa shape index (κ3) is 5.20. The fraction of sp³-hybridized carbons (Fsp3) is 0.179. The van der Waals surface area contributed by atoms with Gasteiger partial charge in [-0.05, 0) is 73.5 Å². The molecule has 3 aromatic rings. The third-order valence-electron chi connectivity index (χ3n) is 6.18. The Morgan fingerprint density at radius 2 is 1.79 bits per heavy atom. The van der Waals surface area contributed by atoms with Crippen molar-refractivity contribution in [1.29, 1.82) is 0 Å². The monoisotopic (exact) mass is 535 g/mol. The summed E-state index contributed by atoms with van der Waals surface area (Å²) in [5.41, 5.74) is 3.93. The van der Waals surface area contributed by atoms with Crippen LogP contribution in [0.2, 0.25) is 0 Å². The minimum absolute atomic E-state index is 0.188. The second-order valence-corrected chi connectivity index (χ2v) is 9.03. The van der Waals surface area contributed by atoms with Crippen LogP contribution in [-0.2, 0) is 0 Å². The van der Waals surface area contributed by atoms with Gasteiger partial charge in [0.05, 0.1) is 46.6 Å². The summed E-state index contributed by atoms with van der Waals surface area (Å²) in [5, 5.41) is 4.01. The second kappa shape index (κ2) is 9.57. The number of halogens is 4. The van der Waals surface area contributed by atoms with Crippen molar-refractivity contribution in [3.05, 3.63) is 84.1 Å². The van der Waals surface area contributed by atoms with Gasteiger partial charge in [0.15, 0.2) is 0 Å².